The number of hydrogen-bond acceptors (Lipinski definition) is 3. The zero-order valence-electron chi connectivity index (χ0n) is 16.2. The third-order valence-corrected chi connectivity index (χ3v) is 3.16. The molecule has 0 aliphatic carbocycles. The number of nitrogens with one attached hydrogen (secondary N) is 2. The van der Waals surface area contributed by atoms with E-state index in [2.05, 4.69) is 29.5 Å². The SMILES string of the molecule is CCNC(=NCC(C)C)NCCC(C)N(C)C(=O)OC(C)(C)C. The van der Waals surface area contributed by atoms with Gasteiger partial charge in [0.05, 0.1) is 0 Å². The van der Waals surface area contributed by atoms with Crippen LogP contribution in [0.5, 0.6) is 0 Å². The van der Waals surface area contributed by atoms with Crippen molar-refractivity contribution in [1.82, 2.24) is 15.5 Å². The Labute approximate surface area is 142 Å². The largest absolute Gasteiger partial charge is 0.444 e. The van der Waals surface area contributed by atoms with Crippen LogP contribution in [0.1, 0.15) is 54.9 Å². The van der Waals surface area contributed by atoms with Crippen molar-refractivity contribution in [3.8, 4) is 0 Å². The monoisotopic (exact) mass is 328 g/mol. The second-order valence-corrected chi connectivity index (χ2v) is 7.27. The lowest BCUT2D eigenvalue weighted by atomic mass is 10.2. The molecular formula is C17H36N4O2. The van der Waals surface area contributed by atoms with Crippen LogP contribution in [0.15, 0.2) is 4.99 Å². The van der Waals surface area contributed by atoms with Crippen molar-refractivity contribution in [3.63, 3.8) is 0 Å². The second kappa shape index (κ2) is 10.3. The topological polar surface area (TPSA) is 66.0 Å². The van der Waals surface area contributed by atoms with Gasteiger partial charge in [-0.1, -0.05) is 13.8 Å². The summed E-state index contributed by atoms with van der Waals surface area (Å²) in [4.78, 5) is 18.2. The molecule has 0 bridgehead atoms. The molecule has 0 saturated heterocycles. The molecule has 23 heavy (non-hydrogen) atoms. The quantitative estimate of drug-likeness (QED) is 0.557. The van der Waals surface area contributed by atoms with Crippen LogP contribution in [0.3, 0.4) is 0 Å². The molecule has 0 aliphatic rings. The van der Waals surface area contributed by atoms with Crippen LogP contribution >= 0.6 is 0 Å². The lowest BCUT2D eigenvalue weighted by Gasteiger charge is -2.29. The molecule has 1 amide bonds. The summed E-state index contributed by atoms with van der Waals surface area (Å²) in [7, 11) is 1.77. The molecule has 1 atom stereocenters. The Morgan fingerprint density at radius 3 is 2.30 bits per heavy atom. The van der Waals surface area contributed by atoms with Crippen LogP contribution in [0.4, 0.5) is 4.79 Å². The van der Waals surface area contributed by atoms with Crippen molar-refractivity contribution in [2.75, 3.05) is 26.7 Å². The number of amides is 1. The Kier molecular flexibility index (Phi) is 9.68. The van der Waals surface area contributed by atoms with Crippen molar-refractivity contribution in [1.29, 1.82) is 0 Å². The number of carbonyl (C=O) groups excluding carboxylic acids is 1. The van der Waals surface area contributed by atoms with Gasteiger partial charge in [0, 0.05) is 32.7 Å². The lowest BCUT2D eigenvalue weighted by Crippen LogP contribution is -2.43. The molecule has 2 N–H and O–H groups in total. The molecule has 0 rings (SSSR count). The van der Waals surface area contributed by atoms with E-state index in [4.69, 9.17) is 4.74 Å². The lowest BCUT2D eigenvalue weighted by molar-refractivity contribution is 0.0230. The number of ether oxygens (including phenoxy) is 1. The highest BCUT2D eigenvalue weighted by Gasteiger charge is 2.22. The van der Waals surface area contributed by atoms with E-state index in [9.17, 15) is 4.79 Å². The highest BCUT2D eigenvalue weighted by Crippen LogP contribution is 2.11. The van der Waals surface area contributed by atoms with Gasteiger partial charge in [-0.05, 0) is 47.0 Å². The Hall–Kier alpha value is -1.46. The summed E-state index contributed by atoms with van der Waals surface area (Å²) in [6.07, 6.45) is 0.535. The first-order valence-electron chi connectivity index (χ1n) is 8.54. The van der Waals surface area contributed by atoms with Gasteiger partial charge in [-0.3, -0.25) is 4.99 Å². The fourth-order valence-corrected chi connectivity index (χ4v) is 1.72. The van der Waals surface area contributed by atoms with Crippen molar-refractivity contribution < 1.29 is 9.53 Å². The standard InChI is InChI=1S/C17H36N4O2/c1-9-18-15(20-12-13(2)3)19-11-10-14(4)21(8)16(22)23-17(5,6)7/h13-14H,9-12H2,1-8H3,(H2,18,19,20). The van der Waals surface area contributed by atoms with Gasteiger partial charge < -0.3 is 20.3 Å². The molecule has 0 saturated carbocycles. The first kappa shape index (κ1) is 21.5. The Balaban J connectivity index is 4.32. The molecule has 0 aromatic heterocycles. The Bertz CT molecular complexity index is 375. The maximum Gasteiger partial charge on any atom is 0.410 e. The van der Waals surface area contributed by atoms with Crippen LogP contribution in [-0.2, 0) is 4.74 Å². The van der Waals surface area contributed by atoms with Gasteiger partial charge >= 0.3 is 6.09 Å². The molecule has 1 unspecified atom stereocenters. The normalized spacial score (nSPS) is 13.7. The predicted molar refractivity (Wildman–Crippen MR) is 96.9 cm³/mol. The first-order valence-corrected chi connectivity index (χ1v) is 8.54. The zero-order valence-corrected chi connectivity index (χ0v) is 16.2. The van der Waals surface area contributed by atoms with Gasteiger partial charge in [-0.15, -0.1) is 0 Å². The van der Waals surface area contributed by atoms with E-state index in [1.165, 1.54) is 0 Å². The fourth-order valence-electron chi connectivity index (χ4n) is 1.72. The summed E-state index contributed by atoms with van der Waals surface area (Å²) >= 11 is 0. The highest BCUT2D eigenvalue weighted by molar-refractivity contribution is 5.79. The second-order valence-electron chi connectivity index (χ2n) is 7.27. The molecule has 0 spiro atoms. The molecule has 0 aliphatic heterocycles. The number of guanidine groups is 1. The third-order valence-electron chi connectivity index (χ3n) is 3.16. The molecule has 136 valence electrons. The summed E-state index contributed by atoms with van der Waals surface area (Å²) in [5.41, 5.74) is -0.467. The number of rotatable bonds is 7. The summed E-state index contributed by atoms with van der Waals surface area (Å²) in [6, 6.07) is 0.0883. The summed E-state index contributed by atoms with van der Waals surface area (Å²) in [5, 5.41) is 6.54. The van der Waals surface area contributed by atoms with Crippen LogP contribution in [0.2, 0.25) is 0 Å². The Morgan fingerprint density at radius 2 is 1.83 bits per heavy atom. The molecule has 0 aromatic rings. The average Bonchev–Trinajstić information content (AvgIpc) is 2.41. The van der Waals surface area contributed by atoms with Crippen LogP contribution < -0.4 is 10.6 Å². The number of carbonyl (C=O) groups is 1. The van der Waals surface area contributed by atoms with E-state index in [0.717, 1.165) is 32.0 Å². The van der Waals surface area contributed by atoms with Gasteiger partial charge in [-0.2, -0.15) is 0 Å². The molecule has 0 aromatic carbocycles. The van der Waals surface area contributed by atoms with Gasteiger partial charge in [-0.25, -0.2) is 4.79 Å². The maximum atomic E-state index is 12.0. The zero-order chi connectivity index (χ0) is 18.0. The van der Waals surface area contributed by atoms with E-state index in [-0.39, 0.29) is 12.1 Å². The van der Waals surface area contributed by atoms with Gasteiger partial charge in [0.2, 0.25) is 0 Å². The molecule has 6 heteroatoms. The van der Waals surface area contributed by atoms with Crippen molar-refractivity contribution >= 4 is 12.1 Å². The predicted octanol–water partition coefficient (Wildman–Crippen LogP) is 2.84. The van der Waals surface area contributed by atoms with E-state index in [1.807, 2.05) is 34.6 Å². The Morgan fingerprint density at radius 1 is 1.22 bits per heavy atom. The van der Waals surface area contributed by atoms with E-state index < -0.39 is 5.60 Å². The molecule has 0 radical (unpaired) electrons. The average molecular weight is 329 g/mol. The van der Waals surface area contributed by atoms with Gasteiger partial charge in [0.15, 0.2) is 5.96 Å². The van der Waals surface area contributed by atoms with Crippen molar-refractivity contribution in [3.05, 3.63) is 0 Å². The maximum absolute atomic E-state index is 12.0. The van der Waals surface area contributed by atoms with Crippen LogP contribution in [0, 0.1) is 5.92 Å². The summed E-state index contributed by atoms with van der Waals surface area (Å²) < 4.78 is 5.38. The van der Waals surface area contributed by atoms with Crippen LogP contribution in [-0.4, -0.2) is 55.3 Å². The van der Waals surface area contributed by atoms with Crippen LogP contribution in [0.25, 0.3) is 0 Å². The van der Waals surface area contributed by atoms with Crippen molar-refractivity contribution in [2.24, 2.45) is 10.9 Å². The third kappa shape index (κ3) is 10.8. The van der Waals surface area contributed by atoms with Gasteiger partial charge in [0.1, 0.15) is 5.60 Å². The summed E-state index contributed by atoms with van der Waals surface area (Å²) in [6.45, 7) is 16.3. The van der Waals surface area contributed by atoms with E-state index in [0.29, 0.717) is 5.92 Å². The molecule has 0 fully saturated rings. The minimum absolute atomic E-state index is 0.0883. The van der Waals surface area contributed by atoms with E-state index >= 15 is 0 Å². The molecule has 0 heterocycles. The first-order chi connectivity index (χ1) is 10.6. The van der Waals surface area contributed by atoms with Crippen molar-refractivity contribution in [2.45, 2.75) is 66.5 Å². The minimum atomic E-state index is -0.467. The fraction of sp³-hybridized carbons (Fsp3) is 0.882. The minimum Gasteiger partial charge on any atom is -0.444 e. The smallest absolute Gasteiger partial charge is 0.410 e. The molecule has 6 nitrogen and oxygen atoms in total. The summed E-state index contributed by atoms with van der Waals surface area (Å²) in [5.74, 6) is 1.36. The number of hydrogen-bond donors (Lipinski definition) is 2. The molecular weight excluding hydrogens is 292 g/mol. The van der Waals surface area contributed by atoms with Gasteiger partial charge in [0.25, 0.3) is 0 Å². The highest BCUT2D eigenvalue weighted by atomic mass is 16.6. The van der Waals surface area contributed by atoms with E-state index in [1.54, 1.807) is 11.9 Å². The number of aliphatic imine (C=N–C) groups is 1. The number of nitrogens with zero attached hydrogens (tertiary/aromatic N) is 2.